The van der Waals surface area contributed by atoms with Gasteiger partial charge in [0, 0.05) is 29.3 Å². The number of hydrogen-bond donors (Lipinski definition) is 0. The molecule has 1 aromatic heterocycles. The Hall–Kier alpha value is -1.10. The number of pyridine rings is 1. The Kier molecular flexibility index (Phi) is 8.46. The van der Waals surface area contributed by atoms with Gasteiger partial charge in [-0.2, -0.15) is 0 Å². The van der Waals surface area contributed by atoms with Crippen molar-refractivity contribution < 1.29 is 4.79 Å². The molecule has 4 nitrogen and oxygen atoms in total. The molecular weight excluding hydrogens is 344 g/mol. The number of carbonyl (C=O) groups is 1. The molecule has 5 heteroatoms. The first-order valence-corrected chi connectivity index (χ1v) is 8.94. The lowest BCUT2D eigenvalue weighted by atomic mass is 10.1. The minimum Gasteiger partial charge on any atom is -0.338 e. The van der Waals surface area contributed by atoms with E-state index in [0.717, 1.165) is 43.1 Å². The highest BCUT2D eigenvalue weighted by molar-refractivity contribution is 9.10. The first-order chi connectivity index (χ1) is 10.5. The summed E-state index contributed by atoms with van der Waals surface area (Å²) < 4.78 is 2.27. The van der Waals surface area contributed by atoms with Crippen LogP contribution in [-0.4, -0.2) is 28.0 Å². The molecule has 0 spiro atoms. The molecule has 0 aliphatic rings. The first kappa shape index (κ1) is 18.9. The molecule has 22 heavy (non-hydrogen) atoms. The number of carbonyl (C=O) groups excluding carboxylic acids is 1. The lowest BCUT2D eigenvalue weighted by Gasteiger charge is -2.29. The molecule has 1 aromatic rings. The third-order valence-corrected chi connectivity index (χ3v) is 4.28. The number of rotatable bonds is 9. The van der Waals surface area contributed by atoms with Gasteiger partial charge in [0.05, 0.1) is 0 Å². The second-order valence-electron chi connectivity index (χ2n) is 5.75. The van der Waals surface area contributed by atoms with Crippen LogP contribution in [0.15, 0.2) is 27.6 Å². The highest BCUT2D eigenvalue weighted by Gasteiger charge is 2.19. The molecule has 0 bridgehead atoms. The van der Waals surface area contributed by atoms with Crippen LogP contribution in [-0.2, 0) is 11.3 Å². The predicted molar refractivity (Wildman–Crippen MR) is 94.0 cm³/mol. The van der Waals surface area contributed by atoms with Crippen molar-refractivity contribution in [1.82, 2.24) is 9.47 Å². The SMILES string of the molecule is CCCCCN(C(=O)Cn1cc(Br)ccc1=O)C(C)CCC. The molecule has 0 saturated heterocycles. The van der Waals surface area contributed by atoms with E-state index >= 15 is 0 Å². The fourth-order valence-electron chi connectivity index (χ4n) is 2.56. The lowest BCUT2D eigenvalue weighted by Crippen LogP contribution is -2.42. The van der Waals surface area contributed by atoms with Crippen LogP contribution in [0.2, 0.25) is 0 Å². The van der Waals surface area contributed by atoms with Gasteiger partial charge in [0.25, 0.3) is 5.56 Å². The average molecular weight is 371 g/mol. The van der Waals surface area contributed by atoms with Crippen LogP contribution in [0.25, 0.3) is 0 Å². The highest BCUT2D eigenvalue weighted by atomic mass is 79.9. The molecule has 0 aliphatic carbocycles. The van der Waals surface area contributed by atoms with Crippen LogP contribution in [0.1, 0.15) is 52.9 Å². The zero-order chi connectivity index (χ0) is 16.5. The molecule has 1 atom stereocenters. The van der Waals surface area contributed by atoms with E-state index < -0.39 is 0 Å². The normalized spacial score (nSPS) is 12.2. The Morgan fingerprint density at radius 2 is 2.00 bits per heavy atom. The lowest BCUT2D eigenvalue weighted by molar-refractivity contribution is -0.134. The van der Waals surface area contributed by atoms with Crippen molar-refractivity contribution in [2.75, 3.05) is 6.54 Å². The zero-order valence-electron chi connectivity index (χ0n) is 13.8. The van der Waals surface area contributed by atoms with Gasteiger partial charge in [-0.1, -0.05) is 33.1 Å². The molecule has 1 heterocycles. The number of amides is 1. The Balaban J connectivity index is 2.81. The monoisotopic (exact) mass is 370 g/mol. The van der Waals surface area contributed by atoms with Gasteiger partial charge < -0.3 is 9.47 Å². The number of nitrogens with zero attached hydrogens (tertiary/aromatic N) is 2. The van der Waals surface area contributed by atoms with E-state index in [0.29, 0.717) is 0 Å². The van der Waals surface area contributed by atoms with Crippen molar-refractivity contribution in [3.8, 4) is 0 Å². The van der Waals surface area contributed by atoms with Crippen LogP contribution in [0, 0.1) is 0 Å². The van der Waals surface area contributed by atoms with Crippen molar-refractivity contribution in [1.29, 1.82) is 0 Å². The van der Waals surface area contributed by atoms with Crippen molar-refractivity contribution in [3.63, 3.8) is 0 Å². The first-order valence-electron chi connectivity index (χ1n) is 8.15. The summed E-state index contributed by atoms with van der Waals surface area (Å²) in [5.41, 5.74) is -0.145. The van der Waals surface area contributed by atoms with Gasteiger partial charge in [-0.15, -0.1) is 0 Å². The Morgan fingerprint density at radius 1 is 1.27 bits per heavy atom. The van der Waals surface area contributed by atoms with Crippen molar-refractivity contribution >= 4 is 21.8 Å². The van der Waals surface area contributed by atoms with E-state index in [1.807, 2.05) is 4.90 Å². The van der Waals surface area contributed by atoms with E-state index in [9.17, 15) is 9.59 Å². The van der Waals surface area contributed by atoms with Gasteiger partial charge in [0.2, 0.25) is 5.91 Å². The summed E-state index contributed by atoms with van der Waals surface area (Å²) in [6.07, 6.45) is 6.99. The third-order valence-electron chi connectivity index (χ3n) is 3.81. The fraction of sp³-hybridized carbons (Fsp3) is 0.647. The van der Waals surface area contributed by atoms with Crippen molar-refractivity contribution in [3.05, 3.63) is 33.2 Å². The summed E-state index contributed by atoms with van der Waals surface area (Å²) in [7, 11) is 0. The third kappa shape index (κ3) is 5.95. The molecule has 1 amide bonds. The largest absolute Gasteiger partial charge is 0.338 e. The Morgan fingerprint density at radius 3 is 2.64 bits per heavy atom. The van der Waals surface area contributed by atoms with E-state index in [4.69, 9.17) is 0 Å². The number of halogens is 1. The van der Waals surface area contributed by atoms with Gasteiger partial charge >= 0.3 is 0 Å². The van der Waals surface area contributed by atoms with Gasteiger partial charge in [-0.05, 0) is 41.8 Å². The quantitative estimate of drug-likeness (QED) is 0.620. The van der Waals surface area contributed by atoms with E-state index in [1.165, 1.54) is 10.6 Å². The van der Waals surface area contributed by atoms with E-state index in [1.54, 1.807) is 12.3 Å². The maximum absolute atomic E-state index is 12.6. The number of hydrogen-bond acceptors (Lipinski definition) is 2. The molecule has 0 aromatic carbocycles. The summed E-state index contributed by atoms with van der Waals surface area (Å²) >= 11 is 3.34. The molecule has 0 N–H and O–H groups in total. The summed E-state index contributed by atoms with van der Waals surface area (Å²) in [5, 5.41) is 0. The predicted octanol–water partition coefficient (Wildman–Crippen LogP) is 3.82. The maximum Gasteiger partial charge on any atom is 0.251 e. The molecule has 124 valence electrons. The van der Waals surface area contributed by atoms with E-state index in [2.05, 4.69) is 36.7 Å². The molecule has 0 aliphatic heterocycles. The topological polar surface area (TPSA) is 42.3 Å². The summed E-state index contributed by atoms with van der Waals surface area (Å²) in [6.45, 7) is 7.26. The second kappa shape index (κ2) is 9.82. The van der Waals surface area contributed by atoms with Crippen molar-refractivity contribution in [2.45, 2.75) is 65.5 Å². The fourth-order valence-corrected chi connectivity index (χ4v) is 2.94. The van der Waals surface area contributed by atoms with Gasteiger partial charge in [-0.3, -0.25) is 9.59 Å². The molecule has 1 rings (SSSR count). The minimum absolute atomic E-state index is 0.0252. The Bertz CT molecular complexity index is 528. The molecule has 0 saturated carbocycles. The molecule has 1 unspecified atom stereocenters. The van der Waals surface area contributed by atoms with E-state index in [-0.39, 0.29) is 24.1 Å². The van der Waals surface area contributed by atoms with Crippen LogP contribution in [0.4, 0.5) is 0 Å². The van der Waals surface area contributed by atoms with Gasteiger partial charge in [0.1, 0.15) is 6.54 Å². The van der Waals surface area contributed by atoms with Crippen LogP contribution < -0.4 is 5.56 Å². The van der Waals surface area contributed by atoms with Gasteiger partial charge in [0.15, 0.2) is 0 Å². The van der Waals surface area contributed by atoms with Crippen LogP contribution in [0.5, 0.6) is 0 Å². The number of unbranched alkanes of at least 4 members (excludes halogenated alkanes) is 2. The van der Waals surface area contributed by atoms with Crippen LogP contribution >= 0.6 is 15.9 Å². The zero-order valence-corrected chi connectivity index (χ0v) is 15.4. The minimum atomic E-state index is -0.145. The van der Waals surface area contributed by atoms with Crippen molar-refractivity contribution in [2.24, 2.45) is 0 Å². The maximum atomic E-state index is 12.6. The average Bonchev–Trinajstić information content (AvgIpc) is 2.47. The molecular formula is C17H27BrN2O2. The summed E-state index contributed by atoms with van der Waals surface area (Å²) in [4.78, 5) is 26.4. The number of aromatic nitrogens is 1. The molecule has 0 fully saturated rings. The Labute approximate surface area is 141 Å². The van der Waals surface area contributed by atoms with Crippen LogP contribution in [0.3, 0.4) is 0 Å². The smallest absolute Gasteiger partial charge is 0.251 e. The molecule has 0 radical (unpaired) electrons. The summed E-state index contributed by atoms with van der Waals surface area (Å²) in [6, 6.07) is 3.40. The standard InChI is InChI=1S/C17H27BrN2O2/c1-4-6-7-11-20(14(3)8-5-2)17(22)13-19-12-15(18)9-10-16(19)21/h9-10,12,14H,4-8,11,13H2,1-3H3. The summed E-state index contributed by atoms with van der Waals surface area (Å²) in [5.74, 6) is 0.0252. The highest BCUT2D eigenvalue weighted by Crippen LogP contribution is 2.11. The van der Waals surface area contributed by atoms with Gasteiger partial charge in [-0.25, -0.2) is 0 Å². The second-order valence-corrected chi connectivity index (χ2v) is 6.66.